The van der Waals surface area contributed by atoms with Gasteiger partial charge in [0.15, 0.2) is 5.69 Å². The molecular weight excluding hydrogens is 463 g/mol. The summed E-state index contributed by atoms with van der Waals surface area (Å²) in [5, 5.41) is 9.33. The molecule has 5 rings (SSSR count). The molecule has 6 nitrogen and oxygen atoms in total. The van der Waals surface area contributed by atoms with Crippen molar-refractivity contribution in [3.05, 3.63) is 75.0 Å². The van der Waals surface area contributed by atoms with Gasteiger partial charge in [-0.25, -0.2) is 4.39 Å². The number of likely N-dealkylation sites (N-methyl/N-ethyl adjacent to an activating group) is 1. The van der Waals surface area contributed by atoms with Crippen molar-refractivity contribution in [3.8, 4) is 0 Å². The van der Waals surface area contributed by atoms with E-state index in [0.717, 1.165) is 49.8 Å². The van der Waals surface area contributed by atoms with Crippen molar-refractivity contribution in [3.63, 3.8) is 0 Å². The van der Waals surface area contributed by atoms with Crippen LogP contribution in [-0.4, -0.2) is 58.0 Å². The van der Waals surface area contributed by atoms with Gasteiger partial charge >= 0.3 is 0 Å². The SMILES string of the molecule is CN(C(=O)c1cccs1)[C@H](Cc1ccccc1F)C1CCN(C(=O)c2n[nH]c3c2CCCC3)CC1. The van der Waals surface area contributed by atoms with Crippen LogP contribution in [0.4, 0.5) is 4.39 Å². The number of benzene rings is 1. The number of carbonyl (C=O) groups excluding carboxylic acids is 2. The topological polar surface area (TPSA) is 69.3 Å². The van der Waals surface area contributed by atoms with E-state index in [1.54, 1.807) is 17.0 Å². The number of thiophene rings is 1. The van der Waals surface area contributed by atoms with Gasteiger partial charge in [-0.1, -0.05) is 24.3 Å². The molecule has 1 N–H and O–H groups in total. The molecule has 1 saturated heterocycles. The van der Waals surface area contributed by atoms with Gasteiger partial charge in [-0.2, -0.15) is 5.10 Å². The molecule has 35 heavy (non-hydrogen) atoms. The van der Waals surface area contributed by atoms with E-state index in [1.807, 2.05) is 35.5 Å². The third-order valence-corrected chi connectivity index (χ3v) is 8.42. The Morgan fingerprint density at radius 1 is 1.17 bits per heavy atom. The van der Waals surface area contributed by atoms with E-state index in [4.69, 9.17) is 0 Å². The molecule has 1 aromatic carbocycles. The van der Waals surface area contributed by atoms with Crippen LogP contribution in [0.5, 0.6) is 0 Å². The molecule has 2 aromatic heterocycles. The highest BCUT2D eigenvalue weighted by molar-refractivity contribution is 7.12. The summed E-state index contributed by atoms with van der Waals surface area (Å²) in [5.41, 5.74) is 3.38. The molecular formula is C27H31FN4O2S. The standard InChI is InChI=1S/C27H31FN4O2S/c1-31(26(33)24-11-6-16-35-24)23(17-19-7-2-4-9-21(19)28)18-12-14-32(15-13-18)27(34)25-20-8-3-5-10-22(20)29-30-25/h2,4,6-7,9,11,16,18,23H,3,5,8,10,12-15,17H2,1H3,(H,29,30)/t23-/m1/s1. The number of aryl methyl sites for hydroxylation is 1. The van der Waals surface area contributed by atoms with E-state index in [2.05, 4.69) is 10.2 Å². The van der Waals surface area contributed by atoms with Crippen molar-refractivity contribution < 1.29 is 14.0 Å². The van der Waals surface area contributed by atoms with Gasteiger partial charge in [0.25, 0.3) is 11.8 Å². The molecule has 184 valence electrons. The zero-order valence-electron chi connectivity index (χ0n) is 20.0. The minimum absolute atomic E-state index is 0.00322. The highest BCUT2D eigenvalue weighted by Gasteiger charge is 2.35. The maximum Gasteiger partial charge on any atom is 0.274 e. The van der Waals surface area contributed by atoms with E-state index >= 15 is 0 Å². The summed E-state index contributed by atoms with van der Waals surface area (Å²) < 4.78 is 14.6. The average Bonchev–Trinajstić information content (AvgIpc) is 3.58. The number of halogens is 1. The number of aromatic amines is 1. The summed E-state index contributed by atoms with van der Waals surface area (Å²) in [6.45, 7) is 1.22. The maximum atomic E-state index is 14.6. The summed E-state index contributed by atoms with van der Waals surface area (Å²) in [6.07, 6.45) is 6.07. The monoisotopic (exact) mass is 494 g/mol. The Kier molecular flexibility index (Phi) is 7.00. The first kappa shape index (κ1) is 23.7. The fourth-order valence-electron chi connectivity index (χ4n) is 5.53. The Hall–Kier alpha value is -3.00. The second-order valence-electron chi connectivity index (χ2n) is 9.62. The quantitative estimate of drug-likeness (QED) is 0.539. The molecule has 0 radical (unpaired) electrons. The molecule has 0 bridgehead atoms. The normalized spacial score (nSPS) is 17.1. The molecule has 8 heteroatoms. The highest BCUT2D eigenvalue weighted by Crippen LogP contribution is 2.30. The number of amides is 2. The van der Waals surface area contributed by atoms with Crippen LogP contribution in [0, 0.1) is 11.7 Å². The van der Waals surface area contributed by atoms with Crippen molar-refractivity contribution >= 4 is 23.2 Å². The van der Waals surface area contributed by atoms with E-state index in [-0.39, 0.29) is 29.6 Å². The summed E-state index contributed by atoms with van der Waals surface area (Å²) in [5.74, 6) is -0.120. The molecule has 2 amide bonds. The number of likely N-dealkylation sites (tertiary alicyclic amines) is 1. The number of hydrogen-bond donors (Lipinski definition) is 1. The molecule has 2 aliphatic rings. The minimum Gasteiger partial charge on any atom is -0.337 e. The highest BCUT2D eigenvalue weighted by atomic mass is 32.1. The zero-order valence-corrected chi connectivity index (χ0v) is 20.8. The number of carbonyl (C=O) groups is 2. The first-order chi connectivity index (χ1) is 17.0. The predicted octanol–water partition coefficient (Wildman–Crippen LogP) is 4.72. The number of H-pyrrole nitrogens is 1. The Morgan fingerprint density at radius 3 is 2.69 bits per heavy atom. The van der Waals surface area contributed by atoms with Crippen LogP contribution in [-0.2, 0) is 19.3 Å². The van der Waals surface area contributed by atoms with Crippen molar-refractivity contribution in [2.24, 2.45) is 5.92 Å². The summed E-state index contributed by atoms with van der Waals surface area (Å²) in [4.78, 5) is 30.8. The number of aromatic nitrogens is 2. The molecule has 0 spiro atoms. The third-order valence-electron chi connectivity index (χ3n) is 7.57. The van der Waals surface area contributed by atoms with Crippen LogP contribution < -0.4 is 0 Å². The number of fused-ring (bicyclic) bond motifs is 1. The lowest BCUT2D eigenvalue weighted by Gasteiger charge is -2.40. The number of nitrogens with one attached hydrogen (secondary N) is 1. The van der Waals surface area contributed by atoms with Crippen molar-refractivity contribution in [2.45, 2.75) is 51.0 Å². The smallest absolute Gasteiger partial charge is 0.274 e. The van der Waals surface area contributed by atoms with Crippen LogP contribution in [0.25, 0.3) is 0 Å². The summed E-state index contributed by atoms with van der Waals surface area (Å²) >= 11 is 1.42. The van der Waals surface area contributed by atoms with Crippen molar-refractivity contribution in [1.82, 2.24) is 20.0 Å². The molecule has 3 aromatic rings. The molecule has 3 heterocycles. The molecule has 1 atom stereocenters. The van der Waals surface area contributed by atoms with Crippen molar-refractivity contribution in [2.75, 3.05) is 20.1 Å². The van der Waals surface area contributed by atoms with E-state index in [1.165, 1.54) is 17.4 Å². The lowest BCUT2D eigenvalue weighted by atomic mass is 9.84. The number of rotatable bonds is 6. The fourth-order valence-corrected chi connectivity index (χ4v) is 6.23. The Balaban J connectivity index is 1.31. The average molecular weight is 495 g/mol. The van der Waals surface area contributed by atoms with Gasteiger partial charge in [0, 0.05) is 37.4 Å². The van der Waals surface area contributed by atoms with Crippen LogP contribution in [0.15, 0.2) is 41.8 Å². The molecule has 1 aliphatic carbocycles. The summed E-state index contributed by atoms with van der Waals surface area (Å²) in [7, 11) is 1.82. The molecule has 1 aliphatic heterocycles. The van der Waals surface area contributed by atoms with Crippen molar-refractivity contribution in [1.29, 1.82) is 0 Å². The first-order valence-corrected chi connectivity index (χ1v) is 13.3. The molecule has 0 unspecified atom stereocenters. The van der Waals surface area contributed by atoms with Gasteiger partial charge < -0.3 is 9.80 Å². The lowest BCUT2D eigenvalue weighted by molar-refractivity contribution is 0.0520. The molecule has 1 fully saturated rings. The van der Waals surface area contributed by atoms with Crippen LogP contribution >= 0.6 is 11.3 Å². The van der Waals surface area contributed by atoms with Gasteiger partial charge in [0.05, 0.1) is 4.88 Å². The Labute approximate surface area is 209 Å². The molecule has 0 saturated carbocycles. The largest absolute Gasteiger partial charge is 0.337 e. The number of hydrogen-bond acceptors (Lipinski definition) is 4. The van der Waals surface area contributed by atoms with Crippen LogP contribution in [0.3, 0.4) is 0 Å². The van der Waals surface area contributed by atoms with Gasteiger partial charge in [-0.15, -0.1) is 11.3 Å². The van der Waals surface area contributed by atoms with Gasteiger partial charge in [0.1, 0.15) is 5.82 Å². The fraction of sp³-hybridized carbons (Fsp3) is 0.444. The number of piperidine rings is 1. The lowest BCUT2D eigenvalue weighted by Crippen LogP contribution is -2.48. The first-order valence-electron chi connectivity index (χ1n) is 12.4. The minimum atomic E-state index is -0.245. The second kappa shape index (κ2) is 10.3. The van der Waals surface area contributed by atoms with Gasteiger partial charge in [-0.3, -0.25) is 14.7 Å². The second-order valence-corrected chi connectivity index (χ2v) is 10.6. The van der Waals surface area contributed by atoms with E-state index in [9.17, 15) is 14.0 Å². The Morgan fingerprint density at radius 2 is 1.94 bits per heavy atom. The Bertz CT molecular complexity index is 1180. The van der Waals surface area contributed by atoms with Crippen LogP contribution in [0.1, 0.15) is 62.7 Å². The van der Waals surface area contributed by atoms with Gasteiger partial charge in [0.2, 0.25) is 0 Å². The van der Waals surface area contributed by atoms with E-state index < -0.39 is 0 Å². The maximum absolute atomic E-state index is 14.6. The van der Waals surface area contributed by atoms with Crippen LogP contribution in [0.2, 0.25) is 0 Å². The summed E-state index contributed by atoms with van der Waals surface area (Å²) in [6, 6.07) is 10.3. The number of nitrogens with zero attached hydrogens (tertiary/aromatic N) is 3. The van der Waals surface area contributed by atoms with Gasteiger partial charge in [-0.05, 0) is 73.9 Å². The van der Waals surface area contributed by atoms with E-state index in [0.29, 0.717) is 35.6 Å². The third kappa shape index (κ3) is 4.89. The zero-order chi connectivity index (χ0) is 24.4. The predicted molar refractivity (Wildman–Crippen MR) is 134 cm³/mol.